The van der Waals surface area contributed by atoms with Gasteiger partial charge in [0, 0.05) is 24.9 Å². The Bertz CT molecular complexity index is 214. The highest BCUT2D eigenvalue weighted by molar-refractivity contribution is 7.99. The lowest BCUT2D eigenvalue weighted by molar-refractivity contribution is -0.131. The zero-order valence-electron chi connectivity index (χ0n) is 8.35. The van der Waals surface area contributed by atoms with Crippen molar-refractivity contribution < 1.29 is 4.79 Å². The van der Waals surface area contributed by atoms with Crippen molar-refractivity contribution in [3.05, 3.63) is 0 Å². The summed E-state index contributed by atoms with van der Waals surface area (Å²) in [5.41, 5.74) is 5.72. The van der Waals surface area contributed by atoms with E-state index in [4.69, 9.17) is 5.73 Å². The number of amides is 1. The van der Waals surface area contributed by atoms with E-state index in [1.54, 1.807) is 0 Å². The number of thioether (sulfide) groups is 1. The van der Waals surface area contributed by atoms with Crippen LogP contribution in [-0.4, -0.2) is 47.6 Å². The third-order valence-corrected chi connectivity index (χ3v) is 3.49. The van der Waals surface area contributed by atoms with E-state index in [2.05, 4.69) is 5.32 Å². The molecule has 2 fully saturated rings. The van der Waals surface area contributed by atoms with E-state index in [0.717, 1.165) is 31.1 Å². The predicted molar refractivity (Wildman–Crippen MR) is 67.9 cm³/mol. The van der Waals surface area contributed by atoms with Crippen LogP contribution in [0.2, 0.25) is 0 Å². The third kappa shape index (κ3) is 3.67. The first kappa shape index (κ1) is 15.3. The Hall–Kier alpha value is 0.320. The average Bonchev–Trinajstić information content (AvgIpc) is 2.72. The number of nitrogens with one attached hydrogen (secondary N) is 1. The highest BCUT2D eigenvalue weighted by atomic mass is 35.5. The van der Waals surface area contributed by atoms with Gasteiger partial charge in [-0.1, -0.05) is 0 Å². The van der Waals surface area contributed by atoms with Crippen LogP contribution in [0.3, 0.4) is 0 Å². The van der Waals surface area contributed by atoms with Crippen molar-refractivity contribution in [2.24, 2.45) is 5.73 Å². The summed E-state index contributed by atoms with van der Waals surface area (Å²) in [5.74, 6) is 2.16. The molecule has 0 aromatic heterocycles. The molecule has 0 radical (unpaired) electrons. The second kappa shape index (κ2) is 6.81. The van der Waals surface area contributed by atoms with Crippen LogP contribution < -0.4 is 11.1 Å². The number of nitrogens with zero attached hydrogens (tertiary/aromatic N) is 1. The molecule has 90 valence electrons. The normalized spacial score (nSPS) is 29.5. The molecule has 2 aliphatic heterocycles. The number of halogens is 2. The van der Waals surface area contributed by atoms with E-state index in [1.807, 2.05) is 16.7 Å². The van der Waals surface area contributed by atoms with E-state index >= 15 is 0 Å². The molecule has 4 nitrogen and oxygen atoms in total. The molecule has 0 spiro atoms. The second-order valence-corrected chi connectivity index (χ2v) is 4.67. The summed E-state index contributed by atoms with van der Waals surface area (Å²) in [7, 11) is 0. The van der Waals surface area contributed by atoms with Gasteiger partial charge in [-0.15, -0.1) is 36.6 Å². The maximum atomic E-state index is 11.8. The van der Waals surface area contributed by atoms with Gasteiger partial charge in [0.15, 0.2) is 0 Å². The molecular formula is C8H17Cl2N3OS. The minimum absolute atomic E-state index is 0. The maximum Gasteiger partial charge on any atom is 0.240 e. The fourth-order valence-electron chi connectivity index (χ4n) is 1.76. The van der Waals surface area contributed by atoms with Gasteiger partial charge >= 0.3 is 0 Å². The molecule has 0 aliphatic carbocycles. The van der Waals surface area contributed by atoms with E-state index in [-0.39, 0.29) is 42.8 Å². The average molecular weight is 274 g/mol. The third-order valence-electron chi connectivity index (χ3n) is 2.53. The van der Waals surface area contributed by atoms with Crippen molar-refractivity contribution in [2.45, 2.75) is 18.5 Å². The van der Waals surface area contributed by atoms with E-state index < -0.39 is 0 Å². The lowest BCUT2D eigenvalue weighted by Crippen LogP contribution is -2.42. The van der Waals surface area contributed by atoms with Crippen molar-refractivity contribution in [3.63, 3.8) is 0 Å². The summed E-state index contributed by atoms with van der Waals surface area (Å²) < 4.78 is 0. The molecule has 7 heteroatoms. The SMILES string of the molecule is Cl.Cl.N[C@@H]1CN[C@H](C(=O)N2CCSC2)C1. The van der Waals surface area contributed by atoms with Gasteiger partial charge in [0.2, 0.25) is 5.91 Å². The largest absolute Gasteiger partial charge is 0.331 e. The predicted octanol–water partition coefficient (Wildman–Crippen LogP) is 0.0521. The topological polar surface area (TPSA) is 58.4 Å². The molecule has 0 unspecified atom stereocenters. The lowest BCUT2D eigenvalue weighted by atomic mass is 10.1. The molecule has 2 heterocycles. The van der Waals surface area contributed by atoms with Crippen molar-refractivity contribution >= 4 is 42.5 Å². The quantitative estimate of drug-likeness (QED) is 0.709. The van der Waals surface area contributed by atoms with Gasteiger partial charge in [0.25, 0.3) is 0 Å². The van der Waals surface area contributed by atoms with Crippen molar-refractivity contribution in [1.29, 1.82) is 0 Å². The minimum Gasteiger partial charge on any atom is -0.331 e. The number of nitrogens with two attached hydrogens (primary N) is 1. The van der Waals surface area contributed by atoms with E-state index in [0.29, 0.717) is 0 Å². The second-order valence-electron chi connectivity index (χ2n) is 3.60. The van der Waals surface area contributed by atoms with Crippen LogP contribution in [0.1, 0.15) is 6.42 Å². The van der Waals surface area contributed by atoms with Crippen LogP contribution in [0.25, 0.3) is 0 Å². The molecule has 1 amide bonds. The molecule has 2 saturated heterocycles. The van der Waals surface area contributed by atoms with Crippen molar-refractivity contribution in [1.82, 2.24) is 10.2 Å². The van der Waals surface area contributed by atoms with Gasteiger partial charge in [-0.3, -0.25) is 4.79 Å². The molecule has 0 aromatic rings. The van der Waals surface area contributed by atoms with Crippen LogP contribution in [-0.2, 0) is 4.79 Å². The first-order chi connectivity index (χ1) is 6.27. The van der Waals surface area contributed by atoms with E-state index in [9.17, 15) is 4.79 Å². The number of carbonyl (C=O) groups is 1. The van der Waals surface area contributed by atoms with Crippen LogP contribution in [0, 0.1) is 0 Å². The van der Waals surface area contributed by atoms with Gasteiger partial charge in [-0.2, -0.15) is 0 Å². The van der Waals surface area contributed by atoms with Crippen molar-refractivity contribution in [2.75, 3.05) is 24.7 Å². The number of hydrogen-bond acceptors (Lipinski definition) is 4. The first-order valence-electron chi connectivity index (χ1n) is 4.63. The molecule has 2 atom stereocenters. The van der Waals surface area contributed by atoms with Gasteiger partial charge < -0.3 is 16.0 Å². The Morgan fingerprint density at radius 2 is 2.20 bits per heavy atom. The van der Waals surface area contributed by atoms with Gasteiger partial charge in [-0.25, -0.2) is 0 Å². The summed E-state index contributed by atoms with van der Waals surface area (Å²) >= 11 is 1.82. The molecule has 2 rings (SSSR count). The van der Waals surface area contributed by atoms with Crippen LogP contribution >= 0.6 is 36.6 Å². The molecule has 15 heavy (non-hydrogen) atoms. The van der Waals surface area contributed by atoms with Gasteiger partial charge in [0.05, 0.1) is 11.9 Å². The smallest absolute Gasteiger partial charge is 0.240 e. The highest BCUT2D eigenvalue weighted by Gasteiger charge is 2.31. The number of carbonyl (C=O) groups excluding carboxylic acids is 1. The van der Waals surface area contributed by atoms with Crippen molar-refractivity contribution in [3.8, 4) is 0 Å². The molecule has 3 N–H and O–H groups in total. The Balaban J connectivity index is 0.000000980. The first-order valence-corrected chi connectivity index (χ1v) is 5.78. The summed E-state index contributed by atoms with van der Waals surface area (Å²) in [4.78, 5) is 13.7. The fraction of sp³-hybridized carbons (Fsp3) is 0.875. The number of rotatable bonds is 1. The Morgan fingerprint density at radius 3 is 2.67 bits per heavy atom. The Labute approximate surface area is 107 Å². The summed E-state index contributed by atoms with van der Waals surface area (Å²) in [6.07, 6.45) is 0.792. The van der Waals surface area contributed by atoms with E-state index in [1.165, 1.54) is 0 Å². The Kier molecular flexibility index (Phi) is 6.95. The zero-order chi connectivity index (χ0) is 9.26. The summed E-state index contributed by atoms with van der Waals surface area (Å²) in [5, 5.41) is 3.16. The van der Waals surface area contributed by atoms with Crippen LogP contribution in [0.15, 0.2) is 0 Å². The lowest BCUT2D eigenvalue weighted by Gasteiger charge is -2.18. The highest BCUT2D eigenvalue weighted by Crippen LogP contribution is 2.16. The molecule has 0 bridgehead atoms. The fourth-order valence-corrected chi connectivity index (χ4v) is 2.71. The maximum absolute atomic E-state index is 11.8. The number of hydrogen-bond donors (Lipinski definition) is 2. The minimum atomic E-state index is -0.0197. The zero-order valence-corrected chi connectivity index (χ0v) is 10.8. The molecular weight excluding hydrogens is 257 g/mol. The van der Waals surface area contributed by atoms with Gasteiger partial charge in [0.1, 0.15) is 0 Å². The molecule has 2 aliphatic rings. The monoisotopic (exact) mass is 273 g/mol. The standard InChI is InChI=1S/C8H15N3OS.2ClH/c9-6-3-7(10-4-6)8(12)11-1-2-13-5-11;;/h6-7,10H,1-5,9H2;2*1H/t6-,7-;;/m0../s1. The van der Waals surface area contributed by atoms with Crippen LogP contribution in [0.4, 0.5) is 0 Å². The summed E-state index contributed by atoms with van der Waals surface area (Å²) in [6.45, 7) is 1.67. The molecule has 0 saturated carbocycles. The van der Waals surface area contributed by atoms with Gasteiger partial charge in [-0.05, 0) is 6.42 Å². The Morgan fingerprint density at radius 1 is 1.47 bits per heavy atom. The van der Waals surface area contributed by atoms with Crippen LogP contribution in [0.5, 0.6) is 0 Å². The molecule has 0 aromatic carbocycles. The summed E-state index contributed by atoms with van der Waals surface area (Å²) in [6, 6.07) is 0.137.